The number of aliphatic hydroxyl groups excluding tert-OH is 7. The van der Waals surface area contributed by atoms with E-state index < -0.39 is 91.9 Å². The van der Waals surface area contributed by atoms with Gasteiger partial charge in [-0.1, -0.05) is 0 Å². The van der Waals surface area contributed by atoms with Crippen LogP contribution in [0.4, 0.5) is 0 Å². The lowest BCUT2D eigenvalue weighted by molar-refractivity contribution is -0.323. The van der Waals surface area contributed by atoms with Crippen LogP contribution < -0.4 is 4.74 Å². The Morgan fingerprint density at radius 2 is 1.33 bits per heavy atom. The van der Waals surface area contributed by atoms with Crippen LogP contribution in [0.2, 0.25) is 0 Å². The number of rotatable bonds is 7. The molecule has 3 heterocycles. The first-order valence-electron chi connectivity index (χ1n) is 13.0. The summed E-state index contributed by atoms with van der Waals surface area (Å²) in [5.41, 5.74) is 0.127. The van der Waals surface area contributed by atoms with Crippen LogP contribution in [0.5, 0.6) is 28.7 Å². The molecule has 1 aromatic heterocycles. The fraction of sp³-hybridized carbons (Fsp3) is 0.444. The lowest BCUT2D eigenvalue weighted by Gasteiger charge is -2.42. The van der Waals surface area contributed by atoms with Crippen LogP contribution in [0.15, 0.2) is 40.8 Å². The minimum Gasteiger partial charge on any atom is -0.507 e. The van der Waals surface area contributed by atoms with Crippen molar-refractivity contribution < 1.29 is 79.5 Å². The van der Waals surface area contributed by atoms with E-state index in [4.69, 9.17) is 23.4 Å². The van der Waals surface area contributed by atoms with Crippen LogP contribution in [0.3, 0.4) is 0 Å². The highest BCUT2D eigenvalue weighted by Gasteiger charge is 2.48. The van der Waals surface area contributed by atoms with Crippen LogP contribution in [0.1, 0.15) is 0 Å². The van der Waals surface area contributed by atoms with Crippen molar-refractivity contribution in [3.63, 3.8) is 0 Å². The highest BCUT2D eigenvalue weighted by molar-refractivity contribution is 5.88. The Morgan fingerprint density at radius 3 is 2.00 bits per heavy atom. The number of hydrogen-bond donors (Lipinski definition) is 11. The summed E-state index contributed by atoms with van der Waals surface area (Å²) in [5, 5.41) is 111. The maximum absolute atomic E-state index is 10.7. The van der Waals surface area contributed by atoms with E-state index in [1.807, 2.05) is 0 Å². The SMILES string of the molecule is OC[C@H]1O[C@@H](OC[C@H]2O[C@@H](Oc3cc4c(O)cc(O)cc4[o+]c3-c3ccc(O)c(O)c3)[C@H](O)[C@H](O)[C@@H]2O)[C@H](O)[C@H](O)[C@@H]1O. The van der Waals surface area contributed by atoms with Crippen molar-refractivity contribution in [3.05, 3.63) is 36.4 Å². The quantitative estimate of drug-likeness (QED) is 0.104. The van der Waals surface area contributed by atoms with E-state index >= 15 is 0 Å². The van der Waals surface area contributed by atoms with E-state index in [2.05, 4.69) is 0 Å². The molecule has 0 saturated carbocycles. The Labute approximate surface area is 242 Å². The van der Waals surface area contributed by atoms with Crippen molar-refractivity contribution in [3.8, 4) is 40.1 Å². The van der Waals surface area contributed by atoms with Gasteiger partial charge in [0.15, 0.2) is 17.8 Å². The average molecular weight is 612 g/mol. The van der Waals surface area contributed by atoms with Gasteiger partial charge in [-0.15, -0.1) is 0 Å². The highest BCUT2D eigenvalue weighted by atomic mass is 16.7. The lowest BCUT2D eigenvalue weighted by Crippen LogP contribution is -2.62. The number of hydrogen-bond acceptors (Lipinski definition) is 15. The number of aliphatic hydroxyl groups is 7. The maximum Gasteiger partial charge on any atom is 0.402 e. The number of aromatic hydroxyl groups is 4. The summed E-state index contributed by atoms with van der Waals surface area (Å²) in [5.74, 6) is -2.02. The highest BCUT2D eigenvalue weighted by Crippen LogP contribution is 2.42. The molecule has 0 radical (unpaired) electrons. The molecule has 234 valence electrons. The van der Waals surface area contributed by atoms with Gasteiger partial charge in [0.1, 0.15) is 65.7 Å². The van der Waals surface area contributed by atoms with Gasteiger partial charge in [0.05, 0.1) is 24.8 Å². The third-order valence-corrected chi connectivity index (χ3v) is 7.24. The molecule has 11 N–H and O–H groups in total. The molecule has 5 rings (SSSR count). The van der Waals surface area contributed by atoms with Gasteiger partial charge >= 0.3 is 11.3 Å². The Bertz CT molecular complexity index is 1450. The molecule has 2 fully saturated rings. The third kappa shape index (κ3) is 5.98. The van der Waals surface area contributed by atoms with Gasteiger partial charge < -0.3 is 75.1 Å². The zero-order valence-corrected chi connectivity index (χ0v) is 22.1. The second kappa shape index (κ2) is 12.2. The van der Waals surface area contributed by atoms with Crippen LogP contribution >= 0.6 is 0 Å². The molecule has 2 saturated heterocycles. The molecule has 0 aliphatic carbocycles. The molecule has 0 bridgehead atoms. The molecule has 2 aliphatic rings. The largest absolute Gasteiger partial charge is 0.507 e. The van der Waals surface area contributed by atoms with Gasteiger partial charge in [-0.25, -0.2) is 4.42 Å². The zero-order chi connectivity index (χ0) is 31.2. The fourth-order valence-electron chi connectivity index (χ4n) is 4.81. The van der Waals surface area contributed by atoms with Crippen molar-refractivity contribution >= 4 is 11.0 Å². The van der Waals surface area contributed by atoms with E-state index in [0.29, 0.717) is 0 Å². The molecule has 10 atom stereocenters. The Kier molecular flexibility index (Phi) is 8.77. The number of fused-ring (bicyclic) bond motifs is 1. The number of benzene rings is 2. The predicted molar refractivity (Wildman–Crippen MR) is 140 cm³/mol. The minimum absolute atomic E-state index is 0.0150. The predicted octanol–water partition coefficient (Wildman–Crippen LogP) is -1.79. The van der Waals surface area contributed by atoms with Gasteiger partial charge in [0.2, 0.25) is 12.0 Å². The van der Waals surface area contributed by atoms with Gasteiger partial charge in [0, 0.05) is 18.2 Å². The molecular weight excluding hydrogens is 580 g/mol. The summed E-state index contributed by atoms with van der Waals surface area (Å²) < 4.78 is 28.1. The van der Waals surface area contributed by atoms with Crippen molar-refractivity contribution in [1.82, 2.24) is 0 Å². The van der Waals surface area contributed by atoms with Crippen LogP contribution in [0.25, 0.3) is 22.3 Å². The van der Waals surface area contributed by atoms with E-state index in [1.54, 1.807) is 0 Å². The smallest absolute Gasteiger partial charge is 0.402 e. The Hall–Kier alpha value is -3.55. The molecule has 16 heteroatoms. The normalized spacial score (nSPS) is 33.0. The standard InChI is InChI=1S/C27H30O16/c28-7-17-19(33)21(35)23(37)26(42-17)39-8-18-20(34)22(36)24(38)27(43-18)41-16-6-11-13(31)4-10(29)5-15(11)40-25(16)9-1-2-12(30)14(32)3-9/h1-6,17-24,26-28,33-38H,7-8H2,(H3-,29,30,31,32)/p+1/t17-,18-,19-,20-,21-,22-,23-,24-,26-,27-/m1/s1. The van der Waals surface area contributed by atoms with E-state index in [-0.39, 0.29) is 33.8 Å². The summed E-state index contributed by atoms with van der Waals surface area (Å²) in [6.07, 6.45) is -16.6. The number of phenolic OH excluding ortho intramolecular Hbond substituents is 4. The van der Waals surface area contributed by atoms with Crippen molar-refractivity contribution in [2.24, 2.45) is 0 Å². The van der Waals surface area contributed by atoms with Crippen molar-refractivity contribution in [2.75, 3.05) is 13.2 Å². The van der Waals surface area contributed by atoms with E-state index in [0.717, 1.165) is 18.2 Å². The van der Waals surface area contributed by atoms with Crippen LogP contribution in [-0.2, 0) is 14.2 Å². The maximum atomic E-state index is 10.7. The minimum atomic E-state index is -1.86. The Balaban J connectivity index is 1.43. The average Bonchev–Trinajstić information content (AvgIpc) is 2.97. The molecule has 16 nitrogen and oxygen atoms in total. The summed E-state index contributed by atoms with van der Waals surface area (Å²) in [6, 6.07) is 7.13. The topological polar surface area (TPSA) is 271 Å². The summed E-state index contributed by atoms with van der Waals surface area (Å²) in [6.45, 7) is -1.31. The van der Waals surface area contributed by atoms with Gasteiger partial charge in [0.25, 0.3) is 0 Å². The molecule has 2 aromatic carbocycles. The molecular formula is C27H31O16+. The van der Waals surface area contributed by atoms with Gasteiger partial charge in [-0.3, -0.25) is 0 Å². The second-order valence-corrected chi connectivity index (χ2v) is 10.2. The molecule has 0 unspecified atom stereocenters. The van der Waals surface area contributed by atoms with Gasteiger partial charge in [-0.2, -0.15) is 0 Å². The third-order valence-electron chi connectivity index (χ3n) is 7.24. The van der Waals surface area contributed by atoms with Crippen LogP contribution in [-0.4, -0.2) is 131 Å². The monoisotopic (exact) mass is 611 g/mol. The zero-order valence-electron chi connectivity index (χ0n) is 22.1. The fourth-order valence-corrected chi connectivity index (χ4v) is 4.81. The molecule has 43 heavy (non-hydrogen) atoms. The van der Waals surface area contributed by atoms with Crippen LogP contribution in [0, 0.1) is 0 Å². The first-order valence-corrected chi connectivity index (χ1v) is 13.0. The van der Waals surface area contributed by atoms with Crippen molar-refractivity contribution in [1.29, 1.82) is 0 Å². The number of phenols is 4. The summed E-state index contributed by atoms with van der Waals surface area (Å²) >= 11 is 0. The second-order valence-electron chi connectivity index (χ2n) is 10.2. The molecule has 2 aliphatic heterocycles. The van der Waals surface area contributed by atoms with E-state index in [9.17, 15) is 56.2 Å². The molecule has 3 aromatic rings. The lowest BCUT2D eigenvalue weighted by atomic mass is 9.98. The first-order chi connectivity index (χ1) is 20.4. The number of ether oxygens (including phenoxy) is 4. The summed E-state index contributed by atoms with van der Waals surface area (Å²) in [7, 11) is 0. The van der Waals surface area contributed by atoms with Gasteiger partial charge in [-0.05, 0) is 12.1 Å². The summed E-state index contributed by atoms with van der Waals surface area (Å²) in [4.78, 5) is 0. The molecule has 0 amide bonds. The first kappa shape index (κ1) is 30.9. The Morgan fingerprint density at radius 1 is 0.674 bits per heavy atom. The van der Waals surface area contributed by atoms with E-state index in [1.165, 1.54) is 18.2 Å². The molecule has 0 spiro atoms. The van der Waals surface area contributed by atoms with Crippen molar-refractivity contribution in [2.45, 2.75) is 61.4 Å².